The highest BCUT2D eigenvalue weighted by Crippen LogP contribution is 2.41. The summed E-state index contributed by atoms with van der Waals surface area (Å²) in [6.07, 6.45) is 0.711. The lowest BCUT2D eigenvalue weighted by atomic mass is 9.89. The summed E-state index contributed by atoms with van der Waals surface area (Å²) in [5.41, 5.74) is 1.51. The quantitative estimate of drug-likeness (QED) is 0.532. The number of hydrogen-bond donors (Lipinski definition) is 2. The third-order valence-corrected chi connectivity index (χ3v) is 5.16. The third kappa shape index (κ3) is 4.92. The molecule has 1 aliphatic heterocycles. The average molecular weight is 435 g/mol. The Balaban J connectivity index is 1.80. The molecule has 0 aliphatic carbocycles. The van der Waals surface area contributed by atoms with Crippen LogP contribution >= 0.6 is 23.8 Å². The Morgan fingerprint density at radius 1 is 1.24 bits per heavy atom. The van der Waals surface area contributed by atoms with E-state index < -0.39 is 5.97 Å². The van der Waals surface area contributed by atoms with Gasteiger partial charge in [-0.2, -0.15) is 0 Å². The highest BCUT2D eigenvalue weighted by atomic mass is 35.5. The Morgan fingerprint density at radius 3 is 2.69 bits per heavy atom. The lowest BCUT2D eigenvalue weighted by molar-refractivity contribution is 0.0600. The highest BCUT2D eigenvalue weighted by Gasteiger charge is 2.34. The molecule has 0 unspecified atom stereocenters. The van der Waals surface area contributed by atoms with Crippen LogP contribution in [0.25, 0.3) is 0 Å². The average Bonchev–Trinajstić information content (AvgIpc) is 2.67. The Kier molecular flexibility index (Phi) is 6.19. The first-order valence-corrected chi connectivity index (χ1v) is 9.83. The van der Waals surface area contributed by atoms with Gasteiger partial charge >= 0.3 is 5.97 Å². The second-order valence-electron chi connectivity index (χ2n) is 7.31. The van der Waals surface area contributed by atoms with Gasteiger partial charge in [0.2, 0.25) is 0 Å². The van der Waals surface area contributed by atoms with Crippen molar-refractivity contribution < 1.29 is 19.0 Å². The summed E-state index contributed by atoms with van der Waals surface area (Å²) in [5.74, 6) is 1.03. The number of thiocarbonyl (C=S) groups is 1. The summed E-state index contributed by atoms with van der Waals surface area (Å²) in [7, 11) is 2.94. The molecule has 0 amide bonds. The maximum Gasteiger partial charge on any atom is 0.339 e. The molecule has 1 atom stereocenters. The molecule has 0 aromatic heterocycles. The van der Waals surface area contributed by atoms with Crippen molar-refractivity contribution in [1.29, 1.82) is 0 Å². The van der Waals surface area contributed by atoms with Gasteiger partial charge in [0.15, 0.2) is 5.11 Å². The molecule has 2 aromatic rings. The van der Waals surface area contributed by atoms with Gasteiger partial charge in [-0.25, -0.2) is 4.79 Å². The predicted molar refractivity (Wildman–Crippen MR) is 117 cm³/mol. The normalized spacial score (nSPS) is 16.8. The number of benzene rings is 2. The molecule has 154 valence electrons. The third-order valence-electron chi connectivity index (χ3n) is 4.61. The van der Waals surface area contributed by atoms with Gasteiger partial charge in [0.05, 0.1) is 30.8 Å². The summed E-state index contributed by atoms with van der Waals surface area (Å²) in [6, 6.07) is 10.6. The van der Waals surface area contributed by atoms with Gasteiger partial charge in [-0.05, 0) is 62.5 Å². The first-order valence-electron chi connectivity index (χ1n) is 9.05. The number of methoxy groups -OCH3 is 2. The minimum Gasteiger partial charge on any atom is -0.497 e. The second-order valence-corrected chi connectivity index (χ2v) is 8.12. The van der Waals surface area contributed by atoms with Crippen molar-refractivity contribution in [2.45, 2.75) is 31.9 Å². The smallest absolute Gasteiger partial charge is 0.339 e. The van der Waals surface area contributed by atoms with Crippen LogP contribution in [0, 0.1) is 0 Å². The molecule has 0 fully saturated rings. The van der Waals surface area contributed by atoms with Gasteiger partial charge in [-0.1, -0.05) is 11.6 Å². The largest absolute Gasteiger partial charge is 0.497 e. The van der Waals surface area contributed by atoms with Crippen LogP contribution in [0.4, 0.5) is 5.69 Å². The van der Waals surface area contributed by atoms with Crippen molar-refractivity contribution >= 4 is 40.6 Å². The van der Waals surface area contributed by atoms with Gasteiger partial charge in [-0.15, -0.1) is 0 Å². The molecule has 0 saturated carbocycles. The van der Waals surface area contributed by atoms with Crippen molar-refractivity contribution in [2.75, 3.05) is 19.5 Å². The second kappa shape index (κ2) is 8.47. The molecule has 29 heavy (non-hydrogen) atoms. The summed E-state index contributed by atoms with van der Waals surface area (Å²) < 4.78 is 16.2. The molecule has 1 heterocycles. The number of fused-ring (bicyclic) bond motifs is 1. The maximum absolute atomic E-state index is 11.8. The molecule has 0 bridgehead atoms. The summed E-state index contributed by atoms with van der Waals surface area (Å²) >= 11 is 11.6. The predicted octanol–water partition coefficient (Wildman–Crippen LogP) is 4.72. The lowest BCUT2D eigenvalue weighted by Crippen LogP contribution is -2.42. The number of ether oxygens (including phenoxy) is 3. The fourth-order valence-electron chi connectivity index (χ4n) is 3.28. The Morgan fingerprint density at radius 2 is 2.00 bits per heavy atom. The van der Waals surface area contributed by atoms with Crippen LogP contribution in [0.2, 0.25) is 5.02 Å². The molecule has 8 heteroatoms. The zero-order chi connectivity index (χ0) is 21.2. The fraction of sp³-hybridized carbons (Fsp3) is 0.333. The van der Waals surface area contributed by atoms with Gasteiger partial charge in [-0.3, -0.25) is 0 Å². The minimum atomic E-state index is -0.510. The Hall–Kier alpha value is -2.51. The van der Waals surface area contributed by atoms with Gasteiger partial charge in [0.25, 0.3) is 0 Å². The van der Waals surface area contributed by atoms with Crippen molar-refractivity contribution in [1.82, 2.24) is 5.32 Å². The van der Waals surface area contributed by atoms with Crippen LogP contribution in [-0.4, -0.2) is 30.9 Å². The standard InChI is InChI=1S/C21H23ClN2O4S/c1-21(2)11-17(15-10-13(26-3)6-8-18(15)28-21)24-20(29)23-12-5-7-16(22)14(9-12)19(25)27-4/h5-10,17H,11H2,1-4H3,(H2,23,24,29)/t17-/m0/s1. The molecule has 0 radical (unpaired) electrons. The van der Waals surface area contributed by atoms with E-state index in [1.54, 1.807) is 25.3 Å². The molecule has 3 rings (SSSR count). The van der Waals surface area contributed by atoms with Crippen LogP contribution < -0.4 is 20.1 Å². The van der Waals surface area contributed by atoms with E-state index in [-0.39, 0.29) is 17.2 Å². The number of anilines is 1. The lowest BCUT2D eigenvalue weighted by Gasteiger charge is -2.38. The summed E-state index contributed by atoms with van der Waals surface area (Å²) in [6.45, 7) is 4.07. The summed E-state index contributed by atoms with van der Waals surface area (Å²) in [5, 5.41) is 7.18. The molecule has 2 N–H and O–H groups in total. The van der Waals surface area contributed by atoms with Crippen molar-refractivity contribution in [2.24, 2.45) is 0 Å². The number of rotatable bonds is 4. The minimum absolute atomic E-state index is 0.0729. The van der Waals surface area contributed by atoms with Crippen LogP contribution in [0.1, 0.15) is 42.2 Å². The van der Waals surface area contributed by atoms with Gasteiger partial charge in [0, 0.05) is 17.7 Å². The monoisotopic (exact) mass is 434 g/mol. The van der Waals surface area contributed by atoms with E-state index in [0.717, 1.165) is 17.1 Å². The number of esters is 1. The Labute approximate surface area is 180 Å². The van der Waals surface area contributed by atoms with Crippen LogP contribution in [0.15, 0.2) is 36.4 Å². The van der Waals surface area contributed by atoms with Crippen molar-refractivity contribution in [3.8, 4) is 11.5 Å². The van der Waals surface area contributed by atoms with E-state index in [9.17, 15) is 4.79 Å². The van der Waals surface area contributed by atoms with Gasteiger partial charge < -0.3 is 24.8 Å². The molecule has 1 aliphatic rings. The number of carbonyl (C=O) groups is 1. The zero-order valence-electron chi connectivity index (χ0n) is 16.7. The number of halogens is 1. The SMILES string of the molecule is COC(=O)c1cc(NC(=S)N[C@H]2CC(C)(C)Oc3ccc(OC)cc32)ccc1Cl. The number of hydrogen-bond acceptors (Lipinski definition) is 5. The highest BCUT2D eigenvalue weighted by molar-refractivity contribution is 7.80. The number of carbonyl (C=O) groups excluding carboxylic acids is 1. The molecule has 6 nitrogen and oxygen atoms in total. The molecule has 0 saturated heterocycles. The van der Waals surface area contributed by atoms with Crippen molar-refractivity contribution in [3.63, 3.8) is 0 Å². The van der Waals surface area contributed by atoms with Crippen LogP contribution in [0.5, 0.6) is 11.5 Å². The first kappa shape index (κ1) is 21.2. The van der Waals surface area contributed by atoms with E-state index in [4.69, 9.17) is 38.0 Å². The zero-order valence-corrected chi connectivity index (χ0v) is 18.2. The van der Waals surface area contributed by atoms with E-state index in [1.165, 1.54) is 7.11 Å². The molecule has 0 spiro atoms. The summed E-state index contributed by atoms with van der Waals surface area (Å²) in [4.78, 5) is 11.8. The topological polar surface area (TPSA) is 68.8 Å². The Bertz CT molecular complexity index is 948. The van der Waals surface area contributed by atoms with E-state index >= 15 is 0 Å². The number of nitrogens with one attached hydrogen (secondary N) is 2. The van der Waals surface area contributed by atoms with Crippen LogP contribution in [-0.2, 0) is 4.74 Å². The fourth-order valence-corrected chi connectivity index (χ4v) is 3.74. The van der Waals surface area contributed by atoms with E-state index in [1.807, 2.05) is 32.0 Å². The van der Waals surface area contributed by atoms with Crippen molar-refractivity contribution in [3.05, 3.63) is 52.5 Å². The van der Waals surface area contributed by atoms with Crippen LogP contribution in [0.3, 0.4) is 0 Å². The molecular weight excluding hydrogens is 412 g/mol. The maximum atomic E-state index is 11.8. The first-order chi connectivity index (χ1) is 13.7. The molecular formula is C21H23ClN2O4S. The molecule has 2 aromatic carbocycles. The van der Waals surface area contributed by atoms with E-state index in [2.05, 4.69) is 10.6 Å². The van der Waals surface area contributed by atoms with E-state index in [0.29, 0.717) is 22.2 Å². The van der Waals surface area contributed by atoms with Gasteiger partial charge in [0.1, 0.15) is 17.1 Å².